The van der Waals surface area contributed by atoms with Gasteiger partial charge in [-0.2, -0.15) is 5.10 Å². The number of aryl methyl sites for hydroxylation is 2. The van der Waals surface area contributed by atoms with Crippen LogP contribution in [0.2, 0.25) is 0 Å². The van der Waals surface area contributed by atoms with E-state index in [9.17, 15) is 8.42 Å². The molecule has 1 heterocycles. The monoisotopic (exact) mass is 329 g/mol. The van der Waals surface area contributed by atoms with Crippen molar-refractivity contribution in [2.24, 2.45) is 13.0 Å². The second-order valence-corrected chi connectivity index (χ2v) is 7.90. The summed E-state index contributed by atoms with van der Waals surface area (Å²) >= 11 is 0. The molecule has 6 nitrogen and oxygen atoms in total. The molecule has 0 amide bonds. The summed E-state index contributed by atoms with van der Waals surface area (Å²) in [5.74, 6) is 0.563. The lowest BCUT2D eigenvalue weighted by Crippen LogP contribution is -2.32. The summed E-state index contributed by atoms with van der Waals surface area (Å²) in [7, 11) is -1.79. The third-order valence-electron chi connectivity index (χ3n) is 4.47. The first-order valence-electron chi connectivity index (χ1n) is 7.94. The maximum absolute atomic E-state index is 12.4. The lowest BCUT2D eigenvalue weighted by Gasteiger charge is -2.28. The van der Waals surface area contributed by atoms with E-state index in [-0.39, 0.29) is 11.0 Å². The van der Waals surface area contributed by atoms with Crippen LogP contribution in [0.25, 0.3) is 0 Å². The van der Waals surface area contributed by atoms with Crippen molar-refractivity contribution in [2.45, 2.75) is 57.5 Å². The molecule has 2 atom stereocenters. The highest BCUT2D eigenvalue weighted by atomic mass is 32.2. The minimum absolute atomic E-state index is 0.264. The molecule has 0 spiro atoms. The molecule has 2 rings (SSSR count). The van der Waals surface area contributed by atoms with Gasteiger partial charge in [0.2, 0.25) is 10.0 Å². The predicted molar refractivity (Wildman–Crippen MR) is 85.2 cm³/mol. The maximum Gasteiger partial charge on any atom is 0.244 e. The number of rotatable bonds is 6. The maximum atomic E-state index is 12.4. The molecule has 2 unspecified atom stereocenters. The molecule has 1 fully saturated rings. The molecular weight excluding hydrogens is 302 g/mol. The molecule has 1 aliphatic rings. The van der Waals surface area contributed by atoms with E-state index < -0.39 is 10.0 Å². The van der Waals surface area contributed by atoms with E-state index in [0.717, 1.165) is 6.42 Å². The zero-order chi connectivity index (χ0) is 16.3. The summed E-state index contributed by atoms with van der Waals surface area (Å²) in [6.45, 7) is 6.37. The Bertz CT molecular complexity index is 610. The molecule has 22 heavy (non-hydrogen) atoms. The van der Waals surface area contributed by atoms with Gasteiger partial charge < -0.3 is 4.74 Å². The van der Waals surface area contributed by atoms with Gasteiger partial charge in [-0.3, -0.25) is 4.68 Å². The highest BCUT2D eigenvalue weighted by Gasteiger charge is 2.24. The number of hydrogen-bond acceptors (Lipinski definition) is 4. The average molecular weight is 329 g/mol. The number of sulfonamides is 1. The third-order valence-corrected chi connectivity index (χ3v) is 6.18. The van der Waals surface area contributed by atoms with Gasteiger partial charge in [0.1, 0.15) is 4.90 Å². The fraction of sp³-hybridized carbons (Fsp3) is 0.800. The van der Waals surface area contributed by atoms with Gasteiger partial charge >= 0.3 is 0 Å². The van der Waals surface area contributed by atoms with Crippen LogP contribution in [0.15, 0.2) is 4.90 Å². The highest BCUT2D eigenvalue weighted by Crippen LogP contribution is 2.26. The molecule has 1 aromatic rings. The highest BCUT2D eigenvalue weighted by molar-refractivity contribution is 7.89. The van der Waals surface area contributed by atoms with E-state index in [0.29, 0.717) is 30.5 Å². The molecule has 1 aromatic heterocycles. The topological polar surface area (TPSA) is 73.2 Å². The van der Waals surface area contributed by atoms with Crippen LogP contribution in [0, 0.1) is 19.8 Å². The fourth-order valence-electron chi connectivity index (χ4n) is 3.13. The van der Waals surface area contributed by atoms with E-state index in [2.05, 4.69) is 16.7 Å². The standard InChI is InChI=1S/C15H27N3O3S/c1-11-7-5-6-8-14(11)21-10-9-16-22(19,20)15-12(2)17-18(4)13(15)3/h11,14,16H,5-10H2,1-4H3. The smallest absolute Gasteiger partial charge is 0.244 e. The van der Waals surface area contributed by atoms with Gasteiger partial charge in [0, 0.05) is 13.6 Å². The Morgan fingerprint density at radius 3 is 2.59 bits per heavy atom. The van der Waals surface area contributed by atoms with Crippen LogP contribution in [0.5, 0.6) is 0 Å². The first-order valence-corrected chi connectivity index (χ1v) is 9.42. The van der Waals surface area contributed by atoms with Gasteiger partial charge in [-0.05, 0) is 32.6 Å². The van der Waals surface area contributed by atoms with Crippen molar-refractivity contribution >= 4 is 10.0 Å². The summed E-state index contributed by atoms with van der Waals surface area (Å²) < 4.78 is 34.8. The van der Waals surface area contributed by atoms with E-state index in [4.69, 9.17) is 4.74 Å². The summed E-state index contributed by atoms with van der Waals surface area (Å²) in [4.78, 5) is 0.279. The first-order chi connectivity index (χ1) is 10.3. The lowest BCUT2D eigenvalue weighted by molar-refractivity contribution is -0.00177. The number of aromatic nitrogens is 2. The Morgan fingerprint density at radius 2 is 2.00 bits per heavy atom. The summed E-state index contributed by atoms with van der Waals surface area (Å²) in [5, 5.41) is 4.15. The number of ether oxygens (including phenoxy) is 1. The van der Waals surface area contributed by atoms with E-state index in [1.165, 1.54) is 19.3 Å². The first kappa shape index (κ1) is 17.4. The van der Waals surface area contributed by atoms with Gasteiger partial charge in [-0.1, -0.05) is 19.8 Å². The van der Waals surface area contributed by atoms with Crippen molar-refractivity contribution in [2.75, 3.05) is 13.2 Å². The van der Waals surface area contributed by atoms with Gasteiger partial charge in [-0.25, -0.2) is 13.1 Å². The molecule has 0 aromatic carbocycles. The van der Waals surface area contributed by atoms with Crippen molar-refractivity contribution in [3.05, 3.63) is 11.4 Å². The normalized spacial score (nSPS) is 22.9. The van der Waals surface area contributed by atoms with Crippen molar-refractivity contribution in [3.8, 4) is 0 Å². The zero-order valence-electron chi connectivity index (χ0n) is 13.9. The minimum Gasteiger partial charge on any atom is -0.377 e. The molecule has 0 bridgehead atoms. The SMILES string of the molecule is Cc1nn(C)c(C)c1S(=O)(=O)NCCOC1CCCCC1C. The van der Waals surface area contributed by atoms with E-state index in [1.807, 2.05) is 0 Å². The van der Waals surface area contributed by atoms with E-state index in [1.54, 1.807) is 25.6 Å². The molecule has 7 heteroatoms. The Morgan fingerprint density at radius 1 is 1.32 bits per heavy atom. The van der Waals surface area contributed by atoms with Gasteiger partial charge in [0.15, 0.2) is 0 Å². The van der Waals surface area contributed by atoms with Crippen LogP contribution in [-0.4, -0.2) is 37.5 Å². The number of nitrogens with one attached hydrogen (secondary N) is 1. The Labute approximate surface area is 133 Å². The summed E-state index contributed by atoms with van der Waals surface area (Å²) in [6.07, 6.45) is 5.02. The molecule has 1 saturated carbocycles. The van der Waals surface area contributed by atoms with Crippen LogP contribution >= 0.6 is 0 Å². The molecule has 0 radical (unpaired) electrons. The van der Waals surface area contributed by atoms with Crippen LogP contribution < -0.4 is 4.72 Å². The van der Waals surface area contributed by atoms with Crippen LogP contribution in [0.1, 0.15) is 44.0 Å². The second kappa shape index (κ2) is 7.10. The third kappa shape index (κ3) is 3.88. The average Bonchev–Trinajstić information content (AvgIpc) is 2.70. The number of nitrogens with zero attached hydrogens (tertiary/aromatic N) is 2. The van der Waals surface area contributed by atoms with Crippen LogP contribution in [0.3, 0.4) is 0 Å². The Balaban J connectivity index is 1.88. The van der Waals surface area contributed by atoms with Gasteiger partial charge in [-0.15, -0.1) is 0 Å². The molecule has 1 aliphatic carbocycles. The molecular formula is C15H27N3O3S. The number of hydrogen-bond donors (Lipinski definition) is 1. The Kier molecular flexibility index (Phi) is 5.63. The minimum atomic E-state index is -3.53. The predicted octanol–water partition coefficient (Wildman–Crippen LogP) is 1.91. The molecule has 126 valence electrons. The van der Waals surface area contributed by atoms with E-state index >= 15 is 0 Å². The molecule has 0 aliphatic heterocycles. The summed E-state index contributed by atoms with van der Waals surface area (Å²) in [5.41, 5.74) is 1.17. The van der Waals surface area contributed by atoms with Crippen LogP contribution in [0.4, 0.5) is 0 Å². The van der Waals surface area contributed by atoms with Gasteiger partial charge in [0.05, 0.1) is 24.1 Å². The summed E-state index contributed by atoms with van der Waals surface area (Å²) in [6, 6.07) is 0. The largest absolute Gasteiger partial charge is 0.377 e. The van der Waals surface area contributed by atoms with Crippen molar-refractivity contribution in [1.82, 2.24) is 14.5 Å². The zero-order valence-corrected chi connectivity index (χ0v) is 14.7. The molecule has 1 N–H and O–H groups in total. The van der Waals surface area contributed by atoms with Crippen molar-refractivity contribution in [1.29, 1.82) is 0 Å². The Hall–Kier alpha value is -0.920. The van der Waals surface area contributed by atoms with Gasteiger partial charge in [0.25, 0.3) is 0 Å². The van der Waals surface area contributed by atoms with Crippen molar-refractivity contribution < 1.29 is 13.2 Å². The van der Waals surface area contributed by atoms with Crippen molar-refractivity contribution in [3.63, 3.8) is 0 Å². The van der Waals surface area contributed by atoms with Crippen LogP contribution in [-0.2, 0) is 21.8 Å². The fourth-order valence-corrected chi connectivity index (χ4v) is 4.58. The lowest BCUT2D eigenvalue weighted by atomic mass is 9.88. The quantitative estimate of drug-likeness (QED) is 0.809. The molecule has 0 saturated heterocycles. The second-order valence-electron chi connectivity index (χ2n) is 6.19.